The zero-order chi connectivity index (χ0) is 20.5. The second-order valence-electron chi connectivity index (χ2n) is 8.82. The van der Waals surface area contributed by atoms with Gasteiger partial charge in [-0.3, -0.25) is 0 Å². The Hall–Kier alpha value is -1.04. The Morgan fingerprint density at radius 3 is 1.24 bits per heavy atom. The van der Waals surface area contributed by atoms with Gasteiger partial charge in [0, 0.05) is 0 Å². The number of hydrogen-bond acceptors (Lipinski definition) is 0. The molecule has 1 radical (unpaired) electrons. The molecule has 0 spiro atoms. The third-order valence-electron chi connectivity index (χ3n) is 5.99. The molecule has 0 aromatic carbocycles. The lowest BCUT2D eigenvalue weighted by Crippen LogP contribution is -1.84. The fourth-order valence-corrected chi connectivity index (χ4v) is 4.07. The van der Waals surface area contributed by atoms with Crippen molar-refractivity contribution in [2.45, 2.75) is 135 Å². The molecule has 165 valence electrons. The minimum absolute atomic E-state index is 1.11. The van der Waals surface area contributed by atoms with Gasteiger partial charge in [-0.15, -0.1) is 0 Å². The van der Waals surface area contributed by atoms with E-state index in [2.05, 4.69) is 48.6 Å². The topological polar surface area (TPSA) is 0 Å². The lowest BCUT2D eigenvalue weighted by Gasteiger charge is -2.04. The summed E-state index contributed by atoms with van der Waals surface area (Å²) < 4.78 is 0. The van der Waals surface area contributed by atoms with Gasteiger partial charge in [-0.25, -0.2) is 0 Å². The fourth-order valence-electron chi connectivity index (χ4n) is 4.07. The molecular formula is C29H49. The standard InChI is InChI=1S/C29H49/c1-2-4-6-8-10-12-14-16-18-20-22-24-26-28-29-27-25-23-21-19-17-15-13-11-9-7-5-3-1/h1-7H,8,10-29H2/b2-1-,5-3-,6-4+,9-7?. The number of allylic oxidation sites excluding steroid dienone is 8. The van der Waals surface area contributed by atoms with Crippen LogP contribution in [-0.4, -0.2) is 0 Å². The van der Waals surface area contributed by atoms with Gasteiger partial charge in [-0.05, 0) is 31.8 Å². The van der Waals surface area contributed by atoms with E-state index in [1.165, 1.54) is 128 Å². The van der Waals surface area contributed by atoms with Crippen molar-refractivity contribution in [3.8, 4) is 0 Å². The monoisotopic (exact) mass is 397 g/mol. The van der Waals surface area contributed by atoms with Gasteiger partial charge in [0.2, 0.25) is 0 Å². The summed E-state index contributed by atoms with van der Waals surface area (Å²) in [6.07, 6.45) is 48.0. The maximum atomic E-state index is 3.40. The van der Waals surface area contributed by atoms with E-state index in [0.717, 1.165) is 6.42 Å². The Morgan fingerprint density at radius 1 is 0.345 bits per heavy atom. The lowest BCUT2D eigenvalue weighted by atomic mass is 10.0. The molecule has 0 N–H and O–H groups in total. The molecule has 0 fully saturated rings. The molecule has 0 aromatic rings. The van der Waals surface area contributed by atoms with E-state index in [1.54, 1.807) is 0 Å². The van der Waals surface area contributed by atoms with Crippen LogP contribution >= 0.6 is 0 Å². The highest BCUT2D eigenvalue weighted by atomic mass is 14.0. The first-order chi connectivity index (χ1) is 14.5. The van der Waals surface area contributed by atoms with Crippen molar-refractivity contribution in [3.63, 3.8) is 0 Å². The predicted octanol–water partition coefficient (Wildman–Crippen LogP) is 10.2. The molecule has 0 aliphatic heterocycles. The fraction of sp³-hybridized carbons (Fsp3) is 0.724. The average Bonchev–Trinajstić information content (AvgIpc) is 2.73. The maximum Gasteiger partial charge on any atom is -0.0276 e. The lowest BCUT2D eigenvalue weighted by molar-refractivity contribution is 0.522. The first-order valence-corrected chi connectivity index (χ1v) is 13.1. The Labute approximate surface area is 183 Å². The summed E-state index contributed by atoms with van der Waals surface area (Å²) in [4.78, 5) is 0. The smallest absolute Gasteiger partial charge is 0.0276 e. The van der Waals surface area contributed by atoms with Crippen LogP contribution in [0.25, 0.3) is 0 Å². The van der Waals surface area contributed by atoms with Gasteiger partial charge in [0.1, 0.15) is 0 Å². The molecule has 0 atom stereocenters. The summed E-state index contributed by atoms with van der Waals surface area (Å²) in [5, 5.41) is 0. The summed E-state index contributed by atoms with van der Waals surface area (Å²) in [7, 11) is 0. The minimum Gasteiger partial charge on any atom is -0.0845 e. The highest BCUT2D eigenvalue weighted by Gasteiger charge is 1.95. The molecule has 0 bridgehead atoms. The van der Waals surface area contributed by atoms with E-state index < -0.39 is 0 Å². The van der Waals surface area contributed by atoms with E-state index in [0.29, 0.717) is 0 Å². The zero-order valence-electron chi connectivity index (χ0n) is 19.4. The Kier molecular flexibility index (Phi) is 20.8. The van der Waals surface area contributed by atoms with Crippen molar-refractivity contribution >= 4 is 0 Å². The van der Waals surface area contributed by atoms with Crippen LogP contribution in [0.3, 0.4) is 0 Å². The summed E-state index contributed by atoms with van der Waals surface area (Å²) in [5.41, 5.74) is 0. The molecule has 0 saturated carbocycles. The maximum absolute atomic E-state index is 3.40. The second kappa shape index (κ2) is 23.2. The summed E-state index contributed by atoms with van der Waals surface area (Å²) in [5.74, 6) is 0. The molecule has 0 amide bonds. The highest BCUT2D eigenvalue weighted by molar-refractivity contribution is 5.14. The normalized spacial score (nSPS) is 26.2. The van der Waals surface area contributed by atoms with Crippen LogP contribution in [0.4, 0.5) is 0 Å². The molecule has 1 rings (SSSR count). The summed E-state index contributed by atoms with van der Waals surface area (Å²) >= 11 is 0. The molecule has 0 nitrogen and oxygen atoms in total. The third-order valence-corrected chi connectivity index (χ3v) is 5.99. The van der Waals surface area contributed by atoms with Crippen molar-refractivity contribution in [2.24, 2.45) is 0 Å². The molecule has 0 heterocycles. The van der Waals surface area contributed by atoms with Gasteiger partial charge in [0.15, 0.2) is 0 Å². The third kappa shape index (κ3) is 21.5. The van der Waals surface area contributed by atoms with Crippen LogP contribution in [-0.2, 0) is 0 Å². The number of hydrogen-bond donors (Lipinski definition) is 0. The first-order valence-electron chi connectivity index (χ1n) is 13.1. The van der Waals surface area contributed by atoms with Gasteiger partial charge in [0.25, 0.3) is 0 Å². The van der Waals surface area contributed by atoms with Gasteiger partial charge < -0.3 is 0 Å². The second-order valence-corrected chi connectivity index (χ2v) is 8.82. The highest BCUT2D eigenvalue weighted by Crippen LogP contribution is 2.15. The SMILES string of the molecule is [C]1=C/C=C\C=C/C=C/CCCCCCCCCCCCCCCCCCCCC/1. The molecule has 0 heteroatoms. The minimum atomic E-state index is 1.11. The molecule has 0 unspecified atom stereocenters. The van der Waals surface area contributed by atoms with Gasteiger partial charge in [-0.2, -0.15) is 0 Å². The van der Waals surface area contributed by atoms with Gasteiger partial charge >= 0.3 is 0 Å². The zero-order valence-corrected chi connectivity index (χ0v) is 19.4. The quantitative estimate of drug-likeness (QED) is 0.381. The van der Waals surface area contributed by atoms with Crippen LogP contribution in [0.2, 0.25) is 0 Å². The molecule has 29 heavy (non-hydrogen) atoms. The van der Waals surface area contributed by atoms with E-state index >= 15 is 0 Å². The van der Waals surface area contributed by atoms with E-state index in [4.69, 9.17) is 0 Å². The van der Waals surface area contributed by atoms with Crippen molar-refractivity contribution in [1.82, 2.24) is 0 Å². The average molecular weight is 398 g/mol. The van der Waals surface area contributed by atoms with Crippen LogP contribution in [0.5, 0.6) is 0 Å². The Bertz CT molecular complexity index is 383. The van der Waals surface area contributed by atoms with Crippen LogP contribution in [0, 0.1) is 6.08 Å². The predicted molar refractivity (Wildman–Crippen MR) is 132 cm³/mol. The Balaban J connectivity index is 2.16. The van der Waals surface area contributed by atoms with E-state index in [9.17, 15) is 0 Å². The van der Waals surface area contributed by atoms with Gasteiger partial charge in [0.05, 0.1) is 0 Å². The van der Waals surface area contributed by atoms with E-state index in [1.807, 2.05) is 0 Å². The van der Waals surface area contributed by atoms with Crippen molar-refractivity contribution in [1.29, 1.82) is 0 Å². The molecule has 0 saturated heterocycles. The van der Waals surface area contributed by atoms with Crippen molar-refractivity contribution in [2.75, 3.05) is 0 Å². The molecule has 1 aliphatic carbocycles. The van der Waals surface area contributed by atoms with Crippen LogP contribution < -0.4 is 0 Å². The molecular weight excluding hydrogens is 348 g/mol. The number of rotatable bonds is 0. The molecule has 0 aromatic heterocycles. The molecule has 1 aliphatic rings. The van der Waals surface area contributed by atoms with Crippen molar-refractivity contribution < 1.29 is 0 Å². The van der Waals surface area contributed by atoms with Crippen LogP contribution in [0.1, 0.15) is 135 Å². The Morgan fingerprint density at radius 2 is 0.724 bits per heavy atom. The van der Waals surface area contributed by atoms with E-state index in [-0.39, 0.29) is 0 Å². The summed E-state index contributed by atoms with van der Waals surface area (Å²) in [6, 6.07) is 0. The first kappa shape index (κ1) is 26.0. The van der Waals surface area contributed by atoms with Gasteiger partial charge in [-0.1, -0.05) is 152 Å². The largest absolute Gasteiger partial charge is 0.0845 e. The van der Waals surface area contributed by atoms with Crippen LogP contribution in [0.15, 0.2) is 42.5 Å². The van der Waals surface area contributed by atoms with Crippen molar-refractivity contribution in [3.05, 3.63) is 48.6 Å². The summed E-state index contributed by atoms with van der Waals surface area (Å²) in [6.45, 7) is 0.